The molecule has 0 saturated carbocycles. The lowest BCUT2D eigenvalue weighted by Crippen LogP contribution is -2.51. The number of carbonyl (C=O) groups is 1. The molecule has 7 nitrogen and oxygen atoms in total. The molecule has 0 spiro atoms. The summed E-state index contributed by atoms with van der Waals surface area (Å²) in [4.78, 5) is 10.6. The summed E-state index contributed by atoms with van der Waals surface area (Å²) in [5, 5.41) is 37.2. The van der Waals surface area contributed by atoms with Gasteiger partial charge in [0.05, 0.1) is 12.7 Å². The Morgan fingerprint density at radius 2 is 2.09 bits per heavy atom. The Bertz CT molecular complexity index is 542. The van der Waals surface area contributed by atoms with E-state index in [1.54, 1.807) is 24.3 Å². The normalized spacial score (nSPS) is 28.7. The molecule has 0 radical (unpaired) electrons. The van der Waals surface area contributed by atoms with Crippen molar-refractivity contribution in [1.29, 1.82) is 0 Å². The molecule has 120 valence electrons. The Kier molecular flexibility index (Phi) is 5.51. The van der Waals surface area contributed by atoms with Gasteiger partial charge in [-0.2, -0.15) is 0 Å². The molecule has 1 aliphatic rings. The number of hydrogen-bond acceptors (Lipinski definition) is 6. The molecule has 7 heteroatoms. The van der Waals surface area contributed by atoms with E-state index in [1.165, 1.54) is 6.08 Å². The lowest BCUT2D eigenvalue weighted by molar-refractivity contribution is -0.230. The molecule has 0 aliphatic carbocycles. The number of ether oxygens (including phenoxy) is 2. The highest BCUT2D eigenvalue weighted by molar-refractivity contribution is 5.85. The molecule has 22 heavy (non-hydrogen) atoms. The van der Waals surface area contributed by atoms with Crippen LogP contribution in [0.15, 0.2) is 30.3 Å². The average molecular weight is 310 g/mol. The van der Waals surface area contributed by atoms with E-state index in [4.69, 9.17) is 19.7 Å². The monoisotopic (exact) mass is 310 g/mol. The minimum absolute atomic E-state index is 0.0364. The van der Waals surface area contributed by atoms with E-state index >= 15 is 0 Å². The fourth-order valence-electron chi connectivity index (χ4n) is 2.17. The number of benzene rings is 1. The topological polar surface area (TPSA) is 116 Å². The van der Waals surface area contributed by atoms with Crippen molar-refractivity contribution in [1.82, 2.24) is 0 Å². The minimum atomic E-state index is -1.17. The molecule has 2 rings (SSSR count). The number of aliphatic carboxylic acids is 1. The molecular weight excluding hydrogens is 292 g/mol. The average Bonchev–Trinajstić information content (AvgIpc) is 2.49. The van der Waals surface area contributed by atoms with Crippen molar-refractivity contribution >= 4 is 12.0 Å². The van der Waals surface area contributed by atoms with Crippen LogP contribution in [0.2, 0.25) is 0 Å². The Labute approximate surface area is 127 Å². The fourth-order valence-corrected chi connectivity index (χ4v) is 2.17. The predicted molar refractivity (Wildman–Crippen MR) is 76.1 cm³/mol. The quantitative estimate of drug-likeness (QED) is 0.565. The van der Waals surface area contributed by atoms with Crippen LogP contribution in [0.3, 0.4) is 0 Å². The Morgan fingerprint density at radius 3 is 2.77 bits per heavy atom. The maximum absolute atomic E-state index is 10.6. The molecular formula is C15H18O7. The van der Waals surface area contributed by atoms with E-state index in [1.807, 2.05) is 0 Å². The second kappa shape index (κ2) is 7.37. The zero-order valence-corrected chi connectivity index (χ0v) is 11.7. The van der Waals surface area contributed by atoms with E-state index in [2.05, 4.69) is 0 Å². The zero-order valence-electron chi connectivity index (χ0n) is 11.7. The molecule has 1 fully saturated rings. The highest BCUT2D eigenvalue weighted by atomic mass is 16.7. The van der Waals surface area contributed by atoms with Gasteiger partial charge >= 0.3 is 5.97 Å². The molecule has 1 saturated heterocycles. The Morgan fingerprint density at radius 1 is 1.36 bits per heavy atom. The molecule has 4 atom stereocenters. The molecule has 0 bridgehead atoms. The maximum atomic E-state index is 10.6. The lowest BCUT2D eigenvalue weighted by atomic mass is 10.0. The number of rotatable bonds is 5. The van der Waals surface area contributed by atoms with Crippen molar-refractivity contribution in [2.24, 2.45) is 0 Å². The van der Waals surface area contributed by atoms with Crippen LogP contribution in [-0.2, 0) is 9.53 Å². The van der Waals surface area contributed by atoms with Crippen molar-refractivity contribution in [3.63, 3.8) is 0 Å². The fraction of sp³-hybridized carbons (Fsp3) is 0.400. The first-order chi connectivity index (χ1) is 10.5. The summed E-state index contributed by atoms with van der Waals surface area (Å²) in [7, 11) is 0. The van der Waals surface area contributed by atoms with Gasteiger partial charge in [0.1, 0.15) is 18.0 Å². The standard InChI is InChI=1S/C15H18O7/c16-8-12-15(20)10(17)7-14(22-12)21-11-4-2-1-3-9(11)5-6-13(18)19/h1-6,10,12,14-17,20H,7-8H2,(H,18,19). The van der Waals surface area contributed by atoms with Crippen LogP contribution in [0.4, 0.5) is 0 Å². The van der Waals surface area contributed by atoms with Gasteiger partial charge in [0.2, 0.25) is 6.29 Å². The highest BCUT2D eigenvalue weighted by Crippen LogP contribution is 2.26. The molecule has 4 unspecified atom stereocenters. The second-order valence-electron chi connectivity index (χ2n) is 4.91. The lowest BCUT2D eigenvalue weighted by Gasteiger charge is -2.36. The number of hydrogen-bond donors (Lipinski definition) is 4. The van der Waals surface area contributed by atoms with Gasteiger partial charge in [0.25, 0.3) is 0 Å². The van der Waals surface area contributed by atoms with Gasteiger partial charge in [0, 0.05) is 18.1 Å². The van der Waals surface area contributed by atoms with Gasteiger partial charge in [-0.3, -0.25) is 0 Å². The Hall–Kier alpha value is -1.93. The van der Waals surface area contributed by atoms with E-state index < -0.39 is 37.2 Å². The van der Waals surface area contributed by atoms with Crippen molar-refractivity contribution in [2.75, 3.05) is 6.61 Å². The van der Waals surface area contributed by atoms with Crippen molar-refractivity contribution in [3.05, 3.63) is 35.9 Å². The van der Waals surface area contributed by atoms with Crippen molar-refractivity contribution in [3.8, 4) is 5.75 Å². The summed E-state index contributed by atoms with van der Waals surface area (Å²) >= 11 is 0. The first kappa shape index (κ1) is 16.4. The highest BCUT2D eigenvalue weighted by Gasteiger charge is 2.37. The summed E-state index contributed by atoms with van der Waals surface area (Å²) in [6, 6.07) is 6.75. The van der Waals surface area contributed by atoms with Gasteiger partial charge in [0.15, 0.2) is 0 Å². The largest absolute Gasteiger partial charge is 0.478 e. The molecule has 1 heterocycles. The van der Waals surface area contributed by atoms with E-state index in [9.17, 15) is 15.0 Å². The Balaban J connectivity index is 2.12. The van der Waals surface area contributed by atoms with Gasteiger partial charge in [-0.25, -0.2) is 4.79 Å². The van der Waals surface area contributed by atoms with E-state index in [0.29, 0.717) is 11.3 Å². The molecule has 1 aliphatic heterocycles. The summed E-state index contributed by atoms with van der Waals surface area (Å²) < 4.78 is 11.0. The van der Waals surface area contributed by atoms with Crippen molar-refractivity contribution < 1.29 is 34.7 Å². The number of carboxylic acid groups (broad SMARTS) is 1. The van der Waals surface area contributed by atoms with Crippen LogP contribution in [-0.4, -0.2) is 57.6 Å². The van der Waals surface area contributed by atoms with Crippen LogP contribution in [0, 0.1) is 0 Å². The minimum Gasteiger partial charge on any atom is -0.478 e. The van der Waals surface area contributed by atoms with Crippen LogP contribution >= 0.6 is 0 Å². The molecule has 4 N–H and O–H groups in total. The third kappa shape index (κ3) is 4.05. The van der Waals surface area contributed by atoms with E-state index in [0.717, 1.165) is 6.08 Å². The summed E-state index contributed by atoms with van der Waals surface area (Å²) in [5.74, 6) is -0.701. The first-order valence-electron chi connectivity index (χ1n) is 6.80. The van der Waals surface area contributed by atoms with Crippen LogP contribution in [0.5, 0.6) is 5.75 Å². The van der Waals surface area contributed by atoms with Gasteiger partial charge in [-0.1, -0.05) is 18.2 Å². The number of aliphatic hydroxyl groups is 3. The van der Waals surface area contributed by atoms with Crippen LogP contribution in [0.1, 0.15) is 12.0 Å². The summed E-state index contributed by atoms with van der Waals surface area (Å²) in [6.07, 6.45) is -1.63. The van der Waals surface area contributed by atoms with Gasteiger partial charge in [-0.15, -0.1) is 0 Å². The molecule has 1 aromatic carbocycles. The molecule has 0 aromatic heterocycles. The predicted octanol–water partition coefficient (Wildman–Crippen LogP) is -0.00770. The maximum Gasteiger partial charge on any atom is 0.328 e. The second-order valence-corrected chi connectivity index (χ2v) is 4.91. The smallest absolute Gasteiger partial charge is 0.328 e. The molecule has 0 amide bonds. The number of aliphatic hydroxyl groups excluding tert-OH is 3. The summed E-state index contributed by atoms with van der Waals surface area (Å²) in [5.41, 5.74) is 0.537. The van der Waals surface area contributed by atoms with Crippen LogP contribution in [0.25, 0.3) is 6.08 Å². The van der Waals surface area contributed by atoms with Gasteiger partial charge < -0.3 is 29.9 Å². The van der Waals surface area contributed by atoms with Crippen molar-refractivity contribution in [2.45, 2.75) is 31.0 Å². The number of carboxylic acids is 1. The zero-order chi connectivity index (χ0) is 16.1. The first-order valence-corrected chi connectivity index (χ1v) is 6.80. The van der Waals surface area contributed by atoms with E-state index in [-0.39, 0.29) is 6.42 Å². The molecule has 1 aromatic rings. The summed E-state index contributed by atoms with van der Waals surface area (Å²) in [6.45, 7) is -0.446. The number of para-hydroxylation sites is 1. The third-order valence-electron chi connectivity index (χ3n) is 3.30. The van der Waals surface area contributed by atoms with Gasteiger partial charge in [-0.05, 0) is 12.1 Å². The SMILES string of the molecule is O=C(O)C=Cc1ccccc1OC1CC(O)C(O)C(CO)O1. The van der Waals surface area contributed by atoms with Crippen LogP contribution < -0.4 is 4.74 Å². The third-order valence-corrected chi connectivity index (χ3v) is 3.30.